The van der Waals surface area contributed by atoms with Gasteiger partial charge in [0.25, 0.3) is 0 Å². The largest absolute Gasteiger partial charge is 0.0622 e. The second-order valence-corrected chi connectivity index (χ2v) is 43.9. The fourth-order valence-corrected chi connectivity index (χ4v) is 26.7. The van der Waals surface area contributed by atoms with E-state index >= 15 is 0 Å². The molecule has 0 saturated heterocycles. The highest BCUT2D eigenvalue weighted by molar-refractivity contribution is 6.26. The van der Waals surface area contributed by atoms with Crippen molar-refractivity contribution in [3.63, 3.8) is 0 Å². The van der Waals surface area contributed by atoms with Crippen LogP contribution in [0.2, 0.25) is 0 Å². The fraction of sp³-hybridized carbons (Fsp3) is 0.0800. The van der Waals surface area contributed by atoms with E-state index in [1.807, 2.05) is 0 Å². The summed E-state index contributed by atoms with van der Waals surface area (Å²) in [7, 11) is 0. The molecule has 0 saturated carbocycles. The summed E-state index contributed by atoms with van der Waals surface area (Å²) >= 11 is 0. The molecule has 0 spiro atoms. The minimum absolute atomic E-state index is 0.0664. The van der Waals surface area contributed by atoms with Crippen LogP contribution in [-0.4, -0.2) is 0 Å². The predicted molar refractivity (Wildman–Crippen MR) is 641 cm³/mol. The molecule has 0 aromatic heterocycles. The highest BCUT2D eigenvalue weighted by Crippen LogP contribution is 2.59. The summed E-state index contributed by atoms with van der Waals surface area (Å²) in [5.41, 5.74) is 46.9. The first-order valence-corrected chi connectivity index (χ1v) is 53.1. The van der Waals surface area contributed by atoms with E-state index in [9.17, 15) is 0 Å². The van der Waals surface area contributed by atoms with Crippen LogP contribution in [0.15, 0.2) is 510 Å². The standard InChI is InChI=1S/C59H46.C53H36.C38H26/c1-57(2)49-20-12-9-15-39(49)42-27-23-36(32-52(42)57)35-24-30-47-48(31-35)56(38-26-29-44-41-17-11-14-22-51(41)59(5,6)54(44)34-38)46-19-8-7-18-45(46)55(47)37-25-28-43-40-16-10-13-21-50(40)58(3,4)53(43)33-37;1-53(2)49-32-39(24-26-43(49)47-28-23-35-13-7-8-16-42(35)52(47)53)38-25-27-46-48(31-38)51(41-22-20-34-12-4-6-15-37(34)30-41)45-18-10-9-17-44(45)50(46)40-21-19-33-11-3-5-14-36(33)29-40;1-4-12-27(13-5-1)29-20-22-31(23-21-29)38-34-19-11-10-18-33(34)37(30-16-8-3-9-17-30)35-25-24-32(26-36(35)38)28-14-6-2-7-15-28/h7-34H,1-6H3;3-32H,1-2H3;1-26H. The lowest BCUT2D eigenvalue weighted by Gasteiger charge is -2.24. The molecule has 0 amide bonds. The van der Waals surface area contributed by atoms with Gasteiger partial charge in [0.1, 0.15) is 0 Å². The van der Waals surface area contributed by atoms with Gasteiger partial charge in [-0.15, -0.1) is 0 Å². The molecule has 708 valence electrons. The molecule has 26 aromatic carbocycles. The summed E-state index contributed by atoms with van der Waals surface area (Å²) in [5, 5.41) is 23.0. The van der Waals surface area contributed by atoms with Gasteiger partial charge in [-0.3, -0.25) is 0 Å². The number of fused-ring (bicyclic) bond motifs is 22. The van der Waals surface area contributed by atoms with Gasteiger partial charge in [-0.1, -0.05) is 510 Å². The van der Waals surface area contributed by atoms with Gasteiger partial charge in [-0.25, -0.2) is 0 Å². The molecule has 4 aliphatic carbocycles. The van der Waals surface area contributed by atoms with Crippen molar-refractivity contribution < 1.29 is 0 Å². The summed E-state index contributed by atoms with van der Waals surface area (Å²) in [4.78, 5) is 0. The van der Waals surface area contributed by atoms with Crippen molar-refractivity contribution in [1.82, 2.24) is 0 Å². The number of benzene rings is 26. The molecule has 0 atom stereocenters. The minimum atomic E-state index is -0.117. The average molecular weight is 1910 g/mol. The highest BCUT2D eigenvalue weighted by Gasteiger charge is 2.41. The molecular formula is C150H108. The number of hydrogen-bond acceptors (Lipinski definition) is 0. The molecule has 0 unspecified atom stereocenters. The van der Waals surface area contributed by atoms with E-state index in [2.05, 4.69) is 565 Å². The summed E-state index contributed by atoms with van der Waals surface area (Å²) in [5.74, 6) is 0. The van der Waals surface area contributed by atoms with Crippen molar-refractivity contribution in [2.75, 3.05) is 0 Å². The molecule has 150 heavy (non-hydrogen) atoms. The Morgan fingerprint density at radius 2 is 0.320 bits per heavy atom. The zero-order valence-electron chi connectivity index (χ0n) is 85.5. The van der Waals surface area contributed by atoms with Gasteiger partial charge >= 0.3 is 0 Å². The summed E-state index contributed by atoms with van der Waals surface area (Å²) in [6, 6.07) is 190. The second kappa shape index (κ2) is 34.9. The van der Waals surface area contributed by atoms with E-state index in [1.54, 1.807) is 0 Å². The molecule has 0 radical (unpaired) electrons. The van der Waals surface area contributed by atoms with Gasteiger partial charge in [-0.2, -0.15) is 0 Å². The lowest BCUT2D eigenvalue weighted by molar-refractivity contribution is 0.660. The Morgan fingerprint density at radius 1 is 0.107 bits per heavy atom. The molecule has 0 fully saturated rings. The Bertz CT molecular complexity index is 10100. The van der Waals surface area contributed by atoms with Crippen LogP contribution in [0, 0.1) is 0 Å². The van der Waals surface area contributed by atoms with Gasteiger partial charge in [0.05, 0.1) is 0 Å². The number of rotatable bonds is 10. The Morgan fingerprint density at radius 3 is 0.727 bits per heavy atom. The zero-order valence-corrected chi connectivity index (χ0v) is 85.5. The topological polar surface area (TPSA) is 0 Å². The van der Waals surface area contributed by atoms with E-state index in [4.69, 9.17) is 0 Å². The molecule has 0 heteroatoms. The molecule has 0 N–H and O–H groups in total. The van der Waals surface area contributed by atoms with Crippen molar-refractivity contribution in [1.29, 1.82) is 0 Å². The molecule has 0 heterocycles. The van der Waals surface area contributed by atoms with Crippen LogP contribution in [0.4, 0.5) is 0 Å². The van der Waals surface area contributed by atoms with Crippen molar-refractivity contribution in [3.8, 4) is 156 Å². The van der Waals surface area contributed by atoms with Crippen LogP contribution in [-0.2, 0) is 21.7 Å². The summed E-state index contributed by atoms with van der Waals surface area (Å²) in [6.07, 6.45) is 0. The second-order valence-electron chi connectivity index (χ2n) is 43.9. The number of hydrogen-bond donors (Lipinski definition) is 0. The molecule has 26 aromatic rings. The molecule has 0 aliphatic heterocycles. The van der Waals surface area contributed by atoms with Crippen LogP contribution in [0.25, 0.3) is 253 Å². The van der Waals surface area contributed by atoms with E-state index in [-0.39, 0.29) is 21.7 Å². The van der Waals surface area contributed by atoms with E-state index < -0.39 is 0 Å². The first-order chi connectivity index (χ1) is 73.4. The highest BCUT2D eigenvalue weighted by atomic mass is 14.4. The summed E-state index contributed by atoms with van der Waals surface area (Å²) in [6.45, 7) is 19.1. The third kappa shape index (κ3) is 14.3. The van der Waals surface area contributed by atoms with Crippen molar-refractivity contribution in [2.24, 2.45) is 0 Å². The minimum Gasteiger partial charge on any atom is -0.0622 e. The van der Waals surface area contributed by atoms with E-state index in [0.29, 0.717) is 0 Å². The Kier molecular flexibility index (Phi) is 20.9. The van der Waals surface area contributed by atoms with Crippen LogP contribution < -0.4 is 0 Å². The van der Waals surface area contributed by atoms with Crippen LogP contribution in [0.5, 0.6) is 0 Å². The van der Waals surface area contributed by atoms with Crippen LogP contribution in [0.1, 0.15) is 99.9 Å². The monoisotopic (exact) mass is 1910 g/mol. The van der Waals surface area contributed by atoms with Crippen molar-refractivity contribution in [2.45, 2.75) is 77.0 Å². The fourth-order valence-electron chi connectivity index (χ4n) is 26.7. The normalized spacial score (nSPS) is 13.7. The Labute approximate surface area is 877 Å². The maximum Gasteiger partial charge on any atom is 0.0165 e. The first-order valence-electron chi connectivity index (χ1n) is 53.1. The van der Waals surface area contributed by atoms with Crippen LogP contribution >= 0.6 is 0 Å². The van der Waals surface area contributed by atoms with Gasteiger partial charge < -0.3 is 0 Å². The Balaban J connectivity index is 0.000000111. The van der Waals surface area contributed by atoms with Gasteiger partial charge in [0.2, 0.25) is 0 Å². The smallest absolute Gasteiger partial charge is 0.0165 e. The molecule has 30 rings (SSSR count). The SMILES string of the molecule is CC1(C)c2cc(-c3ccc4c(-c5ccc6ccccc6c5)c5ccccc5c(-c5ccc6ccccc6c5)c4c3)ccc2-c2ccc3ccccc3c21.CC1(C)c2ccccc2-c2ccc(-c3ccc4c(-c5ccc6c(c5)C(C)(C)c5ccccc5-6)c5ccccc5c(-c5ccc6c(c5)C(C)(C)c5ccccc5-6)c4c3)cc21.c1ccc(-c2ccc(-c3c4ccccc4c(-c4ccccc4)c4ccc(-c5ccccc5)cc34)cc2)cc1. The van der Waals surface area contributed by atoms with Crippen molar-refractivity contribution in [3.05, 3.63) is 554 Å². The van der Waals surface area contributed by atoms with Gasteiger partial charge in [-0.05, 0) is 352 Å². The molecular weight excluding hydrogens is 1800 g/mol. The first kappa shape index (κ1) is 89.7. The quantitative estimate of drug-likeness (QED) is 0.120. The van der Waals surface area contributed by atoms with Gasteiger partial charge in [0.15, 0.2) is 0 Å². The zero-order chi connectivity index (χ0) is 101. The predicted octanol–water partition coefficient (Wildman–Crippen LogP) is 41.3. The maximum atomic E-state index is 2.51. The van der Waals surface area contributed by atoms with Gasteiger partial charge in [0, 0.05) is 21.7 Å². The Hall–Kier alpha value is -17.9. The summed E-state index contributed by atoms with van der Waals surface area (Å²) < 4.78 is 0. The third-order valence-electron chi connectivity index (χ3n) is 34.1. The van der Waals surface area contributed by atoms with E-state index in [1.165, 1.54) is 297 Å². The third-order valence-corrected chi connectivity index (χ3v) is 34.1. The van der Waals surface area contributed by atoms with Crippen LogP contribution in [0.3, 0.4) is 0 Å². The lowest BCUT2D eigenvalue weighted by Crippen LogP contribution is -2.15. The van der Waals surface area contributed by atoms with E-state index in [0.717, 1.165) is 0 Å². The maximum absolute atomic E-state index is 2.51. The molecule has 0 bridgehead atoms. The molecule has 4 aliphatic rings. The van der Waals surface area contributed by atoms with Crippen molar-refractivity contribution >= 4 is 97.0 Å². The molecule has 0 nitrogen and oxygen atoms in total. The average Bonchev–Trinajstić information content (AvgIpc) is 1.32. The lowest BCUT2D eigenvalue weighted by atomic mass is 9.79.